The van der Waals surface area contributed by atoms with Crippen LogP contribution in [-0.4, -0.2) is 30.8 Å². The molecule has 4 rings (SSSR count). The van der Waals surface area contributed by atoms with E-state index in [2.05, 4.69) is 0 Å². The Morgan fingerprint density at radius 3 is 2.13 bits per heavy atom. The second-order valence-electron chi connectivity index (χ2n) is 6.58. The summed E-state index contributed by atoms with van der Waals surface area (Å²) >= 11 is 5.81. The maximum absolute atomic E-state index is 13.5. The lowest BCUT2D eigenvalue weighted by Gasteiger charge is -2.20. The molecule has 31 heavy (non-hydrogen) atoms. The molecule has 2 aromatic rings. The van der Waals surface area contributed by atoms with Crippen LogP contribution in [-0.2, 0) is 25.8 Å². The molecule has 160 valence electrons. The lowest BCUT2D eigenvalue weighted by molar-refractivity contribution is -0.137. The maximum Gasteiger partial charge on any atom is 0.418 e. The van der Waals surface area contributed by atoms with Crippen molar-refractivity contribution < 1.29 is 31.2 Å². The number of thiocarbonyl (C=S) groups is 1. The molecule has 0 aromatic heterocycles. The summed E-state index contributed by atoms with van der Waals surface area (Å²) in [6.07, 6.45) is -3.90. The van der Waals surface area contributed by atoms with Gasteiger partial charge in [-0.2, -0.15) is 13.2 Å². The highest BCUT2D eigenvalue weighted by molar-refractivity contribution is 8.27. The van der Waals surface area contributed by atoms with Gasteiger partial charge < -0.3 is 0 Å². The zero-order chi connectivity index (χ0) is 22.7. The van der Waals surface area contributed by atoms with Crippen LogP contribution < -0.4 is 9.21 Å². The van der Waals surface area contributed by atoms with E-state index in [0.29, 0.717) is 21.0 Å². The topological polar surface area (TPSA) is 74.8 Å². The molecule has 1 saturated heterocycles. The fourth-order valence-electron chi connectivity index (χ4n) is 3.37. The first-order chi connectivity index (χ1) is 14.4. The predicted molar refractivity (Wildman–Crippen MR) is 115 cm³/mol. The number of halogens is 3. The van der Waals surface area contributed by atoms with E-state index in [1.165, 1.54) is 30.3 Å². The van der Waals surface area contributed by atoms with Crippen molar-refractivity contribution in [3.05, 3.63) is 64.6 Å². The quantitative estimate of drug-likeness (QED) is 0.477. The number of anilines is 2. The molecule has 2 aliphatic rings. The van der Waals surface area contributed by atoms with Crippen LogP contribution in [0, 0.1) is 0 Å². The number of fused-ring (bicyclic) bond motifs is 1. The van der Waals surface area contributed by atoms with Crippen molar-refractivity contribution in [1.82, 2.24) is 0 Å². The van der Waals surface area contributed by atoms with Crippen molar-refractivity contribution in [2.45, 2.75) is 6.18 Å². The molecule has 0 saturated carbocycles. The molecule has 6 nitrogen and oxygen atoms in total. The minimum atomic E-state index is -4.74. The summed E-state index contributed by atoms with van der Waals surface area (Å²) in [7, 11) is -4.02. The maximum atomic E-state index is 13.5. The lowest BCUT2D eigenvalue weighted by Crippen LogP contribution is -2.33. The molecule has 0 aliphatic carbocycles. The third kappa shape index (κ3) is 3.44. The fraction of sp³-hybridized carbons (Fsp3) is 0.105. The highest BCUT2D eigenvalue weighted by atomic mass is 32.2. The van der Waals surface area contributed by atoms with Gasteiger partial charge in [0.15, 0.2) is 4.32 Å². The van der Waals surface area contributed by atoms with Crippen molar-refractivity contribution in [1.29, 1.82) is 0 Å². The van der Waals surface area contributed by atoms with Gasteiger partial charge >= 0.3 is 6.18 Å². The van der Waals surface area contributed by atoms with Gasteiger partial charge in [0, 0.05) is 5.56 Å². The summed E-state index contributed by atoms with van der Waals surface area (Å²) in [4.78, 5) is 26.6. The first-order valence-corrected chi connectivity index (χ1v) is 11.6. The number of nitrogens with zero attached hydrogens (tertiary/aromatic N) is 2. The van der Waals surface area contributed by atoms with E-state index in [-0.39, 0.29) is 26.0 Å². The van der Waals surface area contributed by atoms with Gasteiger partial charge in [0.1, 0.15) is 0 Å². The van der Waals surface area contributed by atoms with E-state index in [9.17, 15) is 31.2 Å². The third-order valence-electron chi connectivity index (χ3n) is 4.57. The van der Waals surface area contributed by atoms with E-state index in [0.717, 1.165) is 18.4 Å². The van der Waals surface area contributed by atoms with Crippen LogP contribution in [0.4, 0.5) is 24.5 Å². The van der Waals surface area contributed by atoms with Crippen LogP contribution in [0.3, 0.4) is 0 Å². The van der Waals surface area contributed by atoms with Crippen LogP contribution >= 0.6 is 24.0 Å². The van der Waals surface area contributed by atoms with Crippen molar-refractivity contribution in [3.8, 4) is 0 Å². The Bertz CT molecular complexity index is 1300. The smallest absolute Gasteiger partial charge is 0.268 e. The standard InChI is InChI=1S/C19H11F3N2O4S3/c1-31(27,28)24-12-8-4-2-6-10(12)14(16(24)25)15-17(26)23(18(29)30-15)13-9-5-3-7-11(13)19(20,21)22/h2-9H,1H3. The largest absolute Gasteiger partial charge is 0.418 e. The summed E-state index contributed by atoms with van der Waals surface area (Å²) in [5.41, 5.74) is -1.50. The Kier molecular flexibility index (Phi) is 4.98. The number of carbonyl (C=O) groups is 2. The molecule has 0 bridgehead atoms. The number of sulfonamides is 1. The second-order valence-corrected chi connectivity index (χ2v) is 10.1. The molecule has 2 amide bonds. The molecule has 0 radical (unpaired) electrons. The monoisotopic (exact) mass is 484 g/mol. The predicted octanol–water partition coefficient (Wildman–Crippen LogP) is 3.79. The van der Waals surface area contributed by atoms with Crippen LogP contribution in [0.15, 0.2) is 53.4 Å². The van der Waals surface area contributed by atoms with E-state index in [1.807, 2.05) is 0 Å². The molecule has 1 fully saturated rings. The number of para-hydroxylation sites is 2. The van der Waals surface area contributed by atoms with Gasteiger partial charge in [-0.25, -0.2) is 12.7 Å². The molecular formula is C19H11F3N2O4S3. The SMILES string of the molecule is CS(=O)(=O)N1C(=O)C(=C2SC(=S)N(c3ccccc3C(F)(F)F)C2=O)c2ccccc21. The first kappa shape index (κ1) is 21.5. The van der Waals surface area contributed by atoms with E-state index < -0.39 is 39.3 Å². The second kappa shape index (κ2) is 7.18. The minimum Gasteiger partial charge on any atom is -0.268 e. The third-order valence-corrected chi connectivity index (χ3v) is 6.97. The fourth-order valence-corrected chi connectivity index (χ4v) is 5.64. The normalized spacial score (nSPS) is 19.4. The number of thioether (sulfide) groups is 1. The van der Waals surface area contributed by atoms with Crippen molar-refractivity contribution >= 4 is 67.1 Å². The molecule has 12 heteroatoms. The van der Waals surface area contributed by atoms with Gasteiger partial charge in [0.2, 0.25) is 10.0 Å². The summed E-state index contributed by atoms with van der Waals surface area (Å²) in [6.45, 7) is 0. The Balaban J connectivity index is 1.90. The number of benzene rings is 2. The van der Waals surface area contributed by atoms with Gasteiger partial charge in [-0.3, -0.25) is 14.5 Å². The highest BCUT2D eigenvalue weighted by Gasteiger charge is 2.46. The van der Waals surface area contributed by atoms with Gasteiger partial charge in [-0.1, -0.05) is 54.3 Å². The average molecular weight is 485 g/mol. The van der Waals surface area contributed by atoms with Crippen LogP contribution in [0.5, 0.6) is 0 Å². The number of rotatable bonds is 2. The zero-order valence-electron chi connectivity index (χ0n) is 15.5. The summed E-state index contributed by atoms with van der Waals surface area (Å²) < 4.78 is 65.1. The van der Waals surface area contributed by atoms with Gasteiger partial charge in [0.25, 0.3) is 11.8 Å². The molecule has 2 heterocycles. The molecule has 0 spiro atoms. The van der Waals surface area contributed by atoms with Gasteiger partial charge in [-0.15, -0.1) is 0 Å². The van der Waals surface area contributed by atoms with Crippen molar-refractivity contribution in [2.24, 2.45) is 0 Å². The number of hydrogen-bond acceptors (Lipinski definition) is 6. The highest BCUT2D eigenvalue weighted by Crippen LogP contribution is 2.47. The van der Waals surface area contributed by atoms with Crippen molar-refractivity contribution in [3.63, 3.8) is 0 Å². The summed E-state index contributed by atoms with van der Waals surface area (Å²) in [6, 6.07) is 10.4. The Morgan fingerprint density at radius 1 is 0.935 bits per heavy atom. The molecule has 2 aromatic carbocycles. The van der Waals surface area contributed by atoms with Gasteiger partial charge in [0.05, 0.1) is 33.7 Å². The Labute approximate surface area is 184 Å². The Hall–Kier alpha value is -2.70. The van der Waals surface area contributed by atoms with E-state index in [1.54, 1.807) is 6.07 Å². The van der Waals surface area contributed by atoms with Crippen LogP contribution in [0.2, 0.25) is 0 Å². The molecule has 0 N–H and O–H groups in total. The first-order valence-electron chi connectivity index (χ1n) is 8.53. The van der Waals surface area contributed by atoms with Gasteiger partial charge in [-0.05, 0) is 18.2 Å². The number of alkyl halides is 3. The van der Waals surface area contributed by atoms with E-state index in [4.69, 9.17) is 12.2 Å². The molecule has 0 unspecified atom stereocenters. The zero-order valence-corrected chi connectivity index (χ0v) is 18.0. The van der Waals surface area contributed by atoms with Crippen molar-refractivity contribution in [2.75, 3.05) is 15.5 Å². The van der Waals surface area contributed by atoms with Crippen LogP contribution in [0.25, 0.3) is 5.57 Å². The number of amides is 2. The van der Waals surface area contributed by atoms with Crippen LogP contribution in [0.1, 0.15) is 11.1 Å². The number of hydrogen-bond donors (Lipinski definition) is 0. The van der Waals surface area contributed by atoms with E-state index >= 15 is 0 Å². The number of carbonyl (C=O) groups excluding carboxylic acids is 2. The Morgan fingerprint density at radius 2 is 1.52 bits per heavy atom. The molecular weight excluding hydrogens is 473 g/mol. The lowest BCUT2D eigenvalue weighted by atomic mass is 10.1. The molecule has 2 aliphatic heterocycles. The summed E-state index contributed by atoms with van der Waals surface area (Å²) in [5.74, 6) is -1.89. The minimum absolute atomic E-state index is 0.0611. The summed E-state index contributed by atoms with van der Waals surface area (Å²) in [5, 5.41) is 0. The molecule has 0 atom stereocenters. The average Bonchev–Trinajstić information content (AvgIpc) is 3.12.